The molecule has 0 radical (unpaired) electrons. The lowest BCUT2D eigenvalue weighted by Crippen LogP contribution is -2.08. The number of nitrogens with zero attached hydrogens (tertiary/aromatic N) is 1. The summed E-state index contributed by atoms with van der Waals surface area (Å²) >= 11 is 3.27. The summed E-state index contributed by atoms with van der Waals surface area (Å²) in [5.41, 5.74) is 1.51. The van der Waals surface area contributed by atoms with Crippen LogP contribution in [-0.4, -0.2) is 4.98 Å². The normalized spacial score (nSPS) is 12.2. The molecule has 17 heavy (non-hydrogen) atoms. The summed E-state index contributed by atoms with van der Waals surface area (Å²) in [7, 11) is 0. The van der Waals surface area contributed by atoms with Crippen molar-refractivity contribution in [2.24, 2.45) is 0 Å². The van der Waals surface area contributed by atoms with Crippen LogP contribution in [0.2, 0.25) is 0 Å². The predicted octanol–water partition coefficient (Wildman–Crippen LogP) is 4.16. The summed E-state index contributed by atoms with van der Waals surface area (Å²) in [6, 6.07) is 10.4. The van der Waals surface area contributed by atoms with Crippen LogP contribution in [-0.2, 0) is 0 Å². The standard InChI is InChI=1S/C13H12BrFN2/c1-9(11-4-2-3-5-12(11)15)17-10-6-7-13(14)16-8-10/h2-9,17H,1H3. The number of nitrogens with one attached hydrogen (secondary N) is 1. The Kier molecular flexibility index (Phi) is 3.74. The third-order valence-corrected chi connectivity index (χ3v) is 2.95. The van der Waals surface area contributed by atoms with E-state index in [1.807, 2.05) is 25.1 Å². The van der Waals surface area contributed by atoms with Crippen LogP contribution in [0.4, 0.5) is 10.1 Å². The van der Waals surface area contributed by atoms with Crippen molar-refractivity contribution in [1.82, 2.24) is 4.98 Å². The number of halogens is 2. The minimum absolute atomic E-state index is 0.0980. The van der Waals surface area contributed by atoms with E-state index in [1.165, 1.54) is 6.07 Å². The second-order valence-corrected chi connectivity index (χ2v) is 4.57. The lowest BCUT2D eigenvalue weighted by atomic mass is 10.1. The van der Waals surface area contributed by atoms with Gasteiger partial charge in [-0.2, -0.15) is 0 Å². The van der Waals surface area contributed by atoms with Gasteiger partial charge in [0.15, 0.2) is 0 Å². The number of aromatic nitrogens is 1. The Labute approximate surface area is 108 Å². The fourth-order valence-electron chi connectivity index (χ4n) is 1.62. The molecule has 2 nitrogen and oxygen atoms in total. The maximum absolute atomic E-state index is 13.5. The van der Waals surface area contributed by atoms with Crippen molar-refractivity contribution in [2.75, 3.05) is 5.32 Å². The van der Waals surface area contributed by atoms with Crippen molar-refractivity contribution in [1.29, 1.82) is 0 Å². The van der Waals surface area contributed by atoms with Crippen LogP contribution >= 0.6 is 15.9 Å². The molecule has 0 bridgehead atoms. The number of hydrogen-bond acceptors (Lipinski definition) is 2. The highest BCUT2D eigenvalue weighted by molar-refractivity contribution is 9.10. The lowest BCUT2D eigenvalue weighted by molar-refractivity contribution is 0.600. The van der Waals surface area contributed by atoms with Gasteiger partial charge in [0.1, 0.15) is 10.4 Å². The van der Waals surface area contributed by atoms with Crippen molar-refractivity contribution in [2.45, 2.75) is 13.0 Å². The molecule has 0 aliphatic heterocycles. The molecule has 0 fully saturated rings. The molecule has 0 aliphatic carbocycles. The van der Waals surface area contributed by atoms with E-state index < -0.39 is 0 Å². The minimum atomic E-state index is -0.197. The molecule has 0 spiro atoms. The molecule has 1 unspecified atom stereocenters. The van der Waals surface area contributed by atoms with Gasteiger partial charge in [-0.3, -0.25) is 0 Å². The Bertz CT molecular complexity index is 499. The predicted molar refractivity (Wildman–Crippen MR) is 70.4 cm³/mol. The van der Waals surface area contributed by atoms with Gasteiger partial charge in [0.05, 0.1) is 17.9 Å². The number of anilines is 1. The van der Waals surface area contributed by atoms with Crippen molar-refractivity contribution in [3.05, 3.63) is 58.6 Å². The average Bonchev–Trinajstić information content (AvgIpc) is 2.32. The van der Waals surface area contributed by atoms with E-state index in [4.69, 9.17) is 0 Å². The van der Waals surface area contributed by atoms with E-state index in [0.29, 0.717) is 5.56 Å². The van der Waals surface area contributed by atoms with E-state index in [9.17, 15) is 4.39 Å². The molecule has 88 valence electrons. The Balaban J connectivity index is 2.14. The molecule has 2 rings (SSSR count). The third kappa shape index (κ3) is 3.03. The number of benzene rings is 1. The van der Waals surface area contributed by atoms with Gasteiger partial charge in [-0.15, -0.1) is 0 Å². The summed E-state index contributed by atoms with van der Waals surface area (Å²) in [6.45, 7) is 1.92. The second kappa shape index (κ2) is 5.27. The van der Waals surface area contributed by atoms with Gasteiger partial charge in [-0.05, 0) is 41.1 Å². The lowest BCUT2D eigenvalue weighted by Gasteiger charge is -2.16. The number of pyridine rings is 1. The van der Waals surface area contributed by atoms with Crippen LogP contribution in [0.15, 0.2) is 47.2 Å². The van der Waals surface area contributed by atoms with Crippen molar-refractivity contribution >= 4 is 21.6 Å². The Hall–Kier alpha value is -1.42. The first kappa shape index (κ1) is 12.0. The summed E-state index contributed by atoms with van der Waals surface area (Å²) in [5.74, 6) is -0.197. The van der Waals surface area contributed by atoms with Crippen LogP contribution < -0.4 is 5.32 Å². The summed E-state index contributed by atoms with van der Waals surface area (Å²) in [5, 5.41) is 3.20. The molecule has 1 aromatic carbocycles. The molecule has 1 atom stereocenters. The van der Waals surface area contributed by atoms with Crippen molar-refractivity contribution < 1.29 is 4.39 Å². The van der Waals surface area contributed by atoms with E-state index >= 15 is 0 Å². The van der Waals surface area contributed by atoms with Gasteiger partial charge < -0.3 is 5.32 Å². The molecular formula is C13H12BrFN2. The zero-order chi connectivity index (χ0) is 12.3. The Morgan fingerprint density at radius 3 is 2.65 bits per heavy atom. The molecule has 0 saturated carbocycles. The summed E-state index contributed by atoms with van der Waals surface area (Å²) in [6.07, 6.45) is 1.71. The fourth-order valence-corrected chi connectivity index (χ4v) is 1.85. The van der Waals surface area contributed by atoms with E-state index in [0.717, 1.165) is 10.3 Å². The number of rotatable bonds is 3. The zero-order valence-electron chi connectivity index (χ0n) is 9.32. The first-order valence-corrected chi connectivity index (χ1v) is 6.08. The minimum Gasteiger partial charge on any atom is -0.377 e. The quantitative estimate of drug-likeness (QED) is 0.860. The van der Waals surface area contributed by atoms with E-state index in [1.54, 1.807) is 18.3 Å². The van der Waals surface area contributed by atoms with Crippen molar-refractivity contribution in [3.8, 4) is 0 Å². The largest absolute Gasteiger partial charge is 0.377 e. The van der Waals surface area contributed by atoms with Gasteiger partial charge in [-0.1, -0.05) is 18.2 Å². The molecule has 1 aromatic heterocycles. The molecule has 1 N–H and O–H groups in total. The summed E-state index contributed by atoms with van der Waals surface area (Å²) < 4.78 is 14.3. The van der Waals surface area contributed by atoms with Gasteiger partial charge in [0.2, 0.25) is 0 Å². The van der Waals surface area contributed by atoms with Gasteiger partial charge in [-0.25, -0.2) is 9.37 Å². The fraction of sp³-hybridized carbons (Fsp3) is 0.154. The first-order chi connectivity index (χ1) is 8.16. The van der Waals surface area contributed by atoms with Gasteiger partial charge in [0.25, 0.3) is 0 Å². The highest BCUT2D eigenvalue weighted by Gasteiger charge is 2.09. The van der Waals surface area contributed by atoms with Gasteiger partial charge >= 0.3 is 0 Å². The highest BCUT2D eigenvalue weighted by atomic mass is 79.9. The monoisotopic (exact) mass is 294 g/mol. The molecule has 4 heteroatoms. The molecular weight excluding hydrogens is 283 g/mol. The molecule has 0 amide bonds. The Morgan fingerprint density at radius 1 is 1.24 bits per heavy atom. The second-order valence-electron chi connectivity index (χ2n) is 3.76. The Morgan fingerprint density at radius 2 is 2.00 bits per heavy atom. The SMILES string of the molecule is CC(Nc1ccc(Br)nc1)c1ccccc1F. The van der Waals surface area contributed by atoms with Crippen LogP contribution in [0.3, 0.4) is 0 Å². The number of hydrogen-bond donors (Lipinski definition) is 1. The van der Waals surface area contributed by atoms with Crippen LogP contribution in [0.25, 0.3) is 0 Å². The maximum atomic E-state index is 13.5. The molecule has 0 saturated heterocycles. The zero-order valence-corrected chi connectivity index (χ0v) is 10.9. The van der Waals surface area contributed by atoms with Crippen LogP contribution in [0.5, 0.6) is 0 Å². The molecule has 1 heterocycles. The molecule has 2 aromatic rings. The average molecular weight is 295 g/mol. The van der Waals surface area contributed by atoms with Gasteiger partial charge in [0, 0.05) is 5.56 Å². The van der Waals surface area contributed by atoms with E-state index in [-0.39, 0.29) is 11.9 Å². The van der Waals surface area contributed by atoms with E-state index in [2.05, 4.69) is 26.2 Å². The van der Waals surface area contributed by atoms with Crippen LogP contribution in [0.1, 0.15) is 18.5 Å². The third-order valence-electron chi connectivity index (χ3n) is 2.48. The highest BCUT2D eigenvalue weighted by Crippen LogP contribution is 2.21. The summed E-state index contributed by atoms with van der Waals surface area (Å²) in [4.78, 5) is 4.11. The first-order valence-electron chi connectivity index (χ1n) is 5.29. The molecule has 0 aliphatic rings. The maximum Gasteiger partial charge on any atom is 0.128 e. The smallest absolute Gasteiger partial charge is 0.128 e. The van der Waals surface area contributed by atoms with Crippen molar-refractivity contribution in [3.63, 3.8) is 0 Å². The topological polar surface area (TPSA) is 24.9 Å². The van der Waals surface area contributed by atoms with Crippen LogP contribution in [0, 0.1) is 5.82 Å².